The lowest BCUT2D eigenvalue weighted by atomic mass is 9.60. The molecule has 1 fully saturated rings. The van der Waals surface area contributed by atoms with E-state index < -0.39 is 17.8 Å². The van der Waals surface area contributed by atoms with Gasteiger partial charge < -0.3 is 14.6 Å². The van der Waals surface area contributed by atoms with Crippen LogP contribution in [0.25, 0.3) is 6.08 Å². The van der Waals surface area contributed by atoms with Gasteiger partial charge in [-0.25, -0.2) is 0 Å². The van der Waals surface area contributed by atoms with Gasteiger partial charge in [-0.05, 0) is 56.4 Å². The van der Waals surface area contributed by atoms with Gasteiger partial charge in [-0.3, -0.25) is 24.1 Å². The number of carbonyl (C=O) groups is 4. The van der Waals surface area contributed by atoms with Crippen molar-refractivity contribution in [1.82, 2.24) is 4.90 Å². The van der Waals surface area contributed by atoms with Gasteiger partial charge in [0.2, 0.25) is 17.6 Å². The van der Waals surface area contributed by atoms with Crippen LogP contribution in [0.5, 0.6) is 17.2 Å². The van der Waals surface area contributed by atoms with Gasteiger partial charge >= 0.3 is 0 Å². The smallest absolute Gasteiger partial charge is 0.233 e. The minimum Gasteiger partial charge on any atom is -0.502 e. The zero-order valence-electron chi connectivity index (χ0n) is 21.2. The molecule has 0 saturated carbocycles. The van der Waals surface area contributed by atoms with Gasteiger partial charge in [-0.2, -0.15) is 0 Å². The number of likely N-dealkylation sites (tertiary alicyclic amines) is 1. The summed E-state index contributed by atoms with van der Waals surface area (Å²) >= 11 is 0. The molecule has 1 aliphatic heterocycles. The highest BCUT2D eigenvalue weighted by atomic mass is 16.5. The molecule has 37 heavy (non-hydrogen) atoms. The number of phenols is 1. The Balaban J connectivity index is 1.62. The van der Waals surface area contributed by atoms with E-state index in [1.165, 1.54) is 25.2 Å². The number of phenolic OH excluding ortho intramolecular Hbond substituents is 1. The number of ketones is 2. The van der Waals surface area contributed by atoms with Crippen LogP contribution in [0.4, 0.5) is 0 Å². The SMILES string of the molecule is CCN1C(=O)[C@H]2[C@H](CC=C3[C@H](C=Cc4cc(OC)c(O)c(OC)c4)C4=C(C[C@H]32)C(=O)C(C)=CC4=O)C1=O. The third-order valence-corrected chi connectivity index (χ3v) is 8.00. The van der Waals surface area contributed by atoms with E-state index in [4.69, 9.17) is 9.47 Å². The number of hydrogen-bond acceptors (Lipinski definition) is 7. The average molecular weight is 504 g/mol. The highest BCUT2D eigenvalue weighted by Crippen LogP contribution is 2.52. The van der Waals surface area contributed by atoms with E-state index in [1.54, 1.807) is 32.1 Å². The van der Waals surface area contributed by atoms with Crippen LogP contribution in [-0.2, 0) is 19.2 Å². The predicted molar refractivity (Wildman–Crippen MR) is 135 cm³/mol. The molecule has 1 heterocycles. The Morgan fingerprint density at radius 3 is 2.35 bits per heavy atom. The van der Waals surface area contributed by atoms with Gasteiger partial charge in [-0.15, -0.1) is 0 Å². The molecular formula is C29H29NO7. The summed E-state index contributed by atoms with van der Waals surface area (Å²) in [4.78, 5) is 54.0. The van der Waals surface area contributed by atoms with Crippen molar-refractivity contribution in [2.75, 3.05) is 20.8 Å². The lowest BCUT2D eigenvalue weighted by molar-refractivity contribution is -0.139. The second-order valence-corrected chi connectivity index (χ2v) is 9.83. The van der Waals surface area contributed by atoms with Crippen molar-refractivity contribution in [3.63, 3.8) is 0 Å². The Kier molecular flexibility index (Phi) is 6.14. The molecule has 3 aliphatic carbocycles. The molecule has 192 valence electrons. The zero-order chi connectivity index (χ0) is 26.6. The maximum atomic E-state index is 13.3. The lowest BCUT2D eigenvalue weighted by Crippen LogP contribution is -2.40. The van der Waals surface area contributed by atoms with E-state index in [0.717, 1.165) is 5.57 Å². The summed E-state index contributed by atoms with van der Waals surface area (Å²) in [6.07, 6.45) is 7.68. The summed E-state index contributed by atoms with van der Waals surface area (Å²) in [5, 5.41) is 10.3. The lowest BCUT2D eigenvalue weighted by Gasteiger charge is -2.41. The molecule has 4 atom stereocenters. The first-order valence-electron chi connectivity index (χ1n) is 12.4. The van der Waals surface area contributed by atoms with Crippen molar-refractivity contribution in [2.45, 2.75) is 26.7 Å². The summed E-state index contributed by atoms with van der Waals surface area (Å²) in [6, 6.07) is 3.29. The molecule has 1 aromatic carbocycles. The van der Waals surface area contributed by atoms with Crippen LogP contribution in [0.2, 0.25) is 0 Å². The predicted octanol–water partition coefficient (Wildman–Crippen LogP) is 3.40. The van der Waals surface area contributed by atoms with Gasteiger partial charge in [0.1, 0.15) is 0 Å². The summed E-state index contributed by atoms with van der Waals surface area (Å²) in [5.74, 6) is -2.27. The van der Waals surface area contributed by atoms with Crippen LogP contribution in [-0.4, -0.2) is 54.2 Å². The molecular weight excluding hydrogens is 474 g/mol. The van der Waals surface area contributed by atoms with Crippen molar-refractivity contribution in [3.8, 4) is 17.2 Å². The van der Waals surface area contributed by atoms with E-state index in [-0.39, 0.29) is 53.0 Å². The standard InChI is InChI=1S/C29H29NO7/c1-5-30-28(34)18-9-8-16-17(7-6-15-11-22(36-3)27(33)23(12-15)37-4)24-20(13-19(16)25(18)29(30)35)26(32)14(2)10-21(24)31/h6-8,10-12,17-19,25,33H,5,9,13H2,1-4H3/t17-,18-,19+,25-/m0/s1. The van der Waals surface area contributed by atoms with Crippen molar-refractivity contribution < 1.29 is 33.8 Å². The Labute approximate surface area is 214 Å². The van der Waals surface area contributed by atoms with Crippen LogP contribution in [0.15, 0.2) is 52.7 Å². The van der Waals surface area contributed by atoms with E-state index in [1.807, 2.05) is 12.2 Å². The minimum atomic E-state index is -0.541. The number of amides is 2. The monoisotopic (exact) mass is 503 g/mol. The van der Waals surface area contributed by atoms with Gasteiger partial charge in [0.15, 0.2) is 23.1 Å². The molecule has 0 spiro atoms. The number of benzene rings is 1. The number of rotatable bonds is 5. The molecule has 1 N–H and O–H groups in total. The maximum absolute atomic E-state index is 13.3. The minimum absolute atomic E-state index is 0.121. The number of fused-ring (bicyclic) bond motifs is 3. The highest BCUT2D eigenvalue weighted by molar-refractivity contribution is 6.23. The van der Waals surface area contributed by atoms with Crippen molar-refractivity contribution in [3.05, 3.63) is 58.2 Å². The summed E-state index contributed by atoms with van der Waals surface area (Å²) in [6.45, 7) is 3.72. The Morgan fingerprint density at radius 2 is 1.73 bits per heavy atom. The number of allylic oxidation sites excluding steroid dienone is 7. The summed E-state index contributed by atoms with van der Waals surface area (Å²) in [5.41, 5.74) is 2.79. The van der Waals surface area contributed by atoms with Gasteiger partial charge in [0.05, 0.1) is 26.1 Å². The van der Waals surface area contributed by atoms with Crippen LogP contribution < -0.4 is 9.47 Å². The zero-order valence-corrected chi connectivity index (χ0v) is 21.2. The first-order chi connectivity index (χ1) is 17.7. The normalized spacial score (nSPS) is 27.2. The summed E-state index contributed by atoms with van der Waals surface area (Å²) < 4.78 is 10.5. The Hall–Kier alpha value is -3.94. The van der Waals surface area contributed by atoms with Gasteiger partial charge in [0.25, 0.3) is 0 Å². The number of imide groups is 1. The van der Waals surface area contributed by atoms with Gasteiger partial charge in [0, 0.05) is 29.2 Å². The van der Waals surface area contributed by atoms with E-state index in [9.17, 15) is 24.3 Å². The van der Waals surface area contributed by atoms with E-state index in [2.05, 4.69) is 0 Å². The second-order valence-electron chi connectivity index (χ2n) is 9.83. The molecule has 1 aromatic rings. The molecule has 5 rings (SSSR count). The van der Waals surface area contributed by atoms with Gasteiger partial charge in [-0.1, -0.05) is 23.8 Å². The van der Waals surface area contributed by atoms with Crippen LogP contribution >= 0.6 is 0 Å². The van der Waals surface area contributed by atoms with E-state index in [0.29, 0.717) is 35.2 Å². The fraction of sp³-hybridized carbons (Fsp3) is 0.379. The van der Waals surface area contributed by atoms with Crippen LogP contribution in [0, 0.1) is 23.7 Å². The maximum Gasteiger partial charge on any atom is 0.233 e. The molecule has 0 radical (unpaired) electrons. The largest absolute Gasteiger partial charge is 0.502 e. The quantitative estimate of drug-likeness (QED) is 0.373. The molecule has 1 saturated heterocycles. The second kappa shape index (κ2) is 9.18. The molecule has 2 amide bonds. The van der Waals surface area contributed by atoms with Crippen molar-refractivity contribution in [1.29, 1.82) is 0 Å². The number of aromatic hydroxyl groups is 1. The summed E-state index contributed by atoms with van der Waals surface area (Å²) in [7, 11) is 2.88. The van der Waals surface area contributed by atoms with Crippen molar-refractivity contribution >= 4 is 29.5 Å². The number of methoxy groups -OCH3 is 2. The molecule has 0 unspecified atom stereocenters. The Morgan fingerprint density at radius 1 is 1.05 bits per heavy atom. The average Bonchev–Trinajstić information content (AvgIpc) is 3.14. The topological polar surface area (TPSA) is 110 Å². The molecule has 0 bridgehead atoms. The first-order valence-corrected chi connectivity index (χ1v) is 12.4. The number of carbonyl (C=O) groups excluding carboxylic acids is 4. The number of hydrogen-bond donors (Lipinski definition) is 1. The van der Waals surface area contributed by atoms with Crippen LogP contribution in [0.3, 0.4) is 0 Å². The highest BCUT2D eigenvalue weighted by Gasteiger charge is 2.55. The fourth-order valence-corrected chi connectivity index (χ4v) is 6.25. The molecule has 8 nitrogen and oxygen atoms in total. The number of ether oxygens (including phenoxy) is 2. The van der Waals surface area contributed by atoms with E-state index >= 15 is 0 Å². The third kappa shape index (κ3) is 3.74. The Bertz CT molecular complexity index is 1340. The molecule has 0 aromatic heterocycles. The number of Topliss-reactive ketones (excluding diaryl/α,β-unsaturated/α-hetero) is 1. The first kappa shape index (κ1) is 24.7. The van der Waals surface area contributed by atoms with Crippen LogP contribution in [0.1, 0.15) is 32.3 Å². The third-order valence-electron chi connectivity index (χ3n) is 8.00. The number of nitrogens with zero attached hydrogens (tertiary/aromatic N) is 1. The molecule has 4 aliphatic rings. The van der Waals surface area contributed by atoms with Crippen molar-refractivity contribution in [2.24, 2.45) is 23.7 Å². The fourth-order valence-electron chi connectivity index (χ4n) is 6.25. The molecule has 8 heteroatoms.